The van der Waals surface area contributed by atoms with Gasteiger partial charge < -0.3 is 4.74 Å². The van der Waals surface area contributed by atoms with E-state index in [9.17, 15) is 9.59 Å². The average molecular weight is 484 g/mol. The van der Waals surface area contributed by atoms with Gasteiger partial charge >= 0.3 is 5.97 Å². The van der Waals surface area contributed by atoms with Crippen molar-refractivity contribution < 1.29 is 14.3 Å². The Labute approximate surface area is 202 Å². The Kier molecular flexibility index (Phi) is 5.26. The average Bonchev–Trinajstić information content (AvgIpc) is 3.25. The maximum atomic E-state index is 13.8. The lowest BCUT2D eigenvalue weighted by Crippen LogP contribution is -2.34. The fourth-order valence-corrected chi connectivity index (χ4v) is 5.51. The van der Waals surface area contributed by atoms with E-state index in [4.69, 9.17) is 27.9 Å². The van der Waals surface area contributed by atoms with Crippen LogP contribution < -0.4 is 4.90 Å². The van der Waals surface area contributed by atoms with Gasteiger partial charge in [0, 0.05) is 21.8 Å². The lowest BCUT2D eigenvalue weighted by Gasteiger charge is -2.36. The molecule has 33 heavy (non-hydrogen) atoms. The standard InChI is InChI=1S/C25H23Cl2N3O3/c1-5-33-18(31)11-29-22(12(2)3)20-21(28-29)25(32)30-23-13(4)6-9-17(27)19(23)16-10-14(26)7-8-15(16)24(20)30/h6-10,12,24H,5,11H2,1-4H3. The van der Waals surface area contributed by atoms with Gasteiger partial charge in [-0.05, 0) is 54.7 Å². The van der Waals surface area contributed by atoms with Gasteiger partial charge in [-0.2, -0.15) is 5.10 Å². The van der Waals surface area contributed by atoms with Gasteiger partial charge in [0.25, 0.3) is 5.91 Å². The molecule has 0 N–H and O–H groups in total. The van der Waals surface area contributed by atoms with Crippen LogP contribution in [-0.2, 0) is 16.1 Å². The summed E-state index contributed by atoms with van der Waals surface area (Å²) in [6, 6.07) is 9.07. The first-order valence-electron chi connectivity index (χ1n) is 10.9. The number of esters is 1. The van der Waals surface area contributed by atoms with Gasteiger partial charge in [0.2, 0.25) is 0 Å². The van der Waals surface area contributed by atoms with E-state index in [1.165, 1.54) is 0 Å². The van der Waals surface area contributed by atoms with Gasteiger partial charge in [-0.3, -0.25) is 19.2 Å². The highest BCUT2D eigenvalue weighted by Gasteiger charge is 2.49. The molecule has 1 unspecified atom stereocenters. The summed E-state index contributed by atoms with van der Waals surface area (Å²) in [5.74, 6) is -0.554. The molecular weight excluding hydrogens is 461 g/mol. The summed E-state index contributed by atoms with van der Waals surface area (Å²) in [6.45, 7) is 8.05. The van der Waals surface area contributed by atoms with Crippen LogP contribution in [0.25, 0.3) is 11.1 Å². The molecule has 2 aliphatic rings. The van der Waals surface area contributed by atoms with Crippen molar-refractivity contribution in [3.8, 4) is 11.1 Å². The van der Waals surface area contributed by atoms with Crippen LogP contribution in [-0.4, -0.2) is 28.3 Å². The Morgan fingerprint density at radius 2 is 1.97 bits per heavy atom. The highest BCUT2D eigenvalue weighted by Crippen LogP contribution is 2.56. The molecule has 170 valence electrons. The minimum atomic E-state index is -0.381. The summed E-state index contributed by atoms with van der Waals surface area (Å²) in [4.78, 5) is 27.8. The number of carbonyl (C=O) groups is 2. The van der Waals surface area contributed by atoms with E-state index in [1.807, 2.05) is 51.1 Å². The van der Waals surface area contributed by atoms with Crippen LogP contribution in [0.1, 0.15) is 65.6 Å². The highest BCUT2D eigenvalue weighted by atomic mass is 35.5. The second-order valence-corrected chi connectivity index (χ2v) is 9.51. The van der Waals surface area contributed by atoms with Gasteiger partial charge in [0.1, 0.15) is 6.54 Å². The summed E-state index contributed by atoms with van der Waals surface area (Å²) in [5, 5.41) is 5.78. The summed E-state index contributed by atoms with van der Waals surface area (Å²) < 4.78 is 6.76. The maximum absolute atomic E-state index is 13.8. The van der Waals surface area contributed by atoms with Crippen LogP contribution in [0, 0.1) is 6.92 Å². The molecule has 0 spiro atoms. The fourth-order valence-electron chi connectivity index (χ4n) is 5.08. The van der Waals surface area contributed by atoms with Gasteiger partial charge in [-0.25, -0.2) is 0 Å². The number of aromatic nitrogens is 2. The number of nitrogens with zero attached hydrogens (tertiary/aromatic N) is 3. The molecule has 1 aromatic heterocycles. The van der Waals surface area contributed by atoms with E-state index >= 15 is 0 Å². The van der Waals surface area contributed by atoms with Crippen LogP contribution in [0.15, 0.2) is 30.3 Å². The van der Waals surface area contributed by atoms with Crippen LogP contribution in [0.4, 0.5) is 5.69 Å². The monoisotopic (exact) mass is 483 g/mol. The zero-order chi connectivity index (χ0) is 23.6. The van der Waals surface area contributed by atoms with E-state index in [0.29, 0.717) is 15.7 Å². The third-order valence-electron chi connectivity index (χ3n) is 6.26. The van der Waals surface area contributed by atoms with Crippen molar-refractivity contribution in [1.29, 1.82) is 0 Å². The van der Waals surface area contributed by atoms with E-state index in [1.54, 1.807) is 16.5 Å². The molecule has 0 radical (unpaired) electrons. The highest BCUT2D eigenvalue weighted by molar-refractivity contribution is 6.35. The van der Waals surface area contributed by atoms with Crippen molar-refractivity contribution >= 4 is 40.8 Å². The van der Waals surface area contributed by atoms with E-state index < -0.39 is 0 Å². The molecule has 1 amide bonds. The molecule has 0 aliphatic carbocycles. The Hall–Kier alpha value is -2.83. The van der Waals surface area contributed by atoms with E-state index in [0.717, 1.165) is 39.2 Å². The molecule has 1 atom stereocenters. The second-order valence-electron chi connectivity index (χ2n) is 8.66. The molecule has 2 aromatic carbocycles. The van der Waals surface area contributed by atoms with Crippen LogP contribution in [0.2, 0.25) is 10.0 Å². The van der Waals surface area contributed by atoms with Gasteiger partial charge in [0.05, 0.1) is 23.4 Å². The third-order valence-corrected chi connectivity index (χ3v) is 6.81. The van der Waals surface area contributed by atoms with Crippen molar-refractivity contribution in [3.63, 3.8) is 0 Å². The van der Waals surface area contributed by atoms with Crippen molar-refractivity contribution in [2.45, 2.75) is 46.2 Å². The van der Waals surface area contributed by atoms with Crippen LogP contribution >= 0.6 is 23.2 Å². The molecule has 0 fully saturated rings. The minimum absolute atomic E-state index is 0.0287. The number of carbonyl (C=O) groups excluding carboxylic acids is 2. The number of hydrogen-bond donors (Lipinski definition) is 0. The Bertz CT molecular complexity index is 1330. The van der Waals surface area contributed by atoms with Crippen molar-refractivity contribution in [1.82, 2.24) is 9.78 Å². The van der Waals surface area contributed by atoms with Crippen molar-refractivity contribution in [2.75, 3.05) is 11.5 Å². The molecule has 3 aromatic rings. The van der Waals surface area contributed by atoms with Gasteiger partial charge in [-0.1, -0.05) is 49.2 Å². The topological polar surface area (TPSA) is 64.4 Å². The number of anilines is 1. The van der Waals surface area contributed by atoms with Crippen LogP contribution in [0.3, 0.4) is 0 Å². The largest absolute Gasteiger partial charge is 0.465 e. The van der Waals surface area contributed by atoms with E-state index in [2.05, 4.69) is 5.10 Å². The summed E-state index contributed by atoms with van der Waals surface area (Å²) in [7, 11) is 0. The van der Waals surface area contributed by atoms with Crippen LogP contribution in [0.5, 0.6) is 0 Å². The number of hydrogen-bond acceptors (Lipinski definition) is 4. The SMILES string of the molecule is CCOC(=O)Cn1nc2c(c1C(C)C)C1c3ccc(Cl)cc3-c3c(Cl)ccc(C)c3N1C2=O. The number of rotatable bonds is 4. The number of benzene rings is 2. The minimum Gasteiger partial charge on any atom is -0.465 e. The predicted octanol–water partition coefficient (Wildman–Crippen LogP) is 5.92. The van der Waals surface area contributed by atoms with Gasteiger partial charge in [-0.15, -0.1) is 0 Å². The van der Waals surface area contributed by atoms with Crippen molar-refractivity contribution in [3.05, 3.63) is 68.5 Å². The first kappa shape index (κ1) is 22.0. The number of halogens is 2. The summed E-state index contributed by atoms with van der Waals surface area (Å²) >= 11 is 13.0. The quantitative estimate of drug-likeness (QED) is 0.432. The fraction of sp³-hybridized carbons (Fsp3) is 0.320. The molecule has 0 saturated carbocycles. The number of fused-ring (bicyclic) bond motifs is 8. The predicted molar refractivity (Wildman–Crippen MR) is 128 cm³/mol. The second kappa shape index (κ2) is 7.89. The lowest BCUT2D eigenvalue weighted by atomic mass is 9.84. The van der Waals surface area contributed by atoms with Crippen molar-refractivity contribution in [2.24, 2.45) is 0 Å². The first-order valence-corrected chi connectivity index (χ1v) is 11.7. The molecule has 0 bridgehead atoms. The third kappa shape index (κ3) is 3.19. The molecule has 0 saturated heterocycles. The number of aryl methyl sites for hydroxylation is 1. The zero-order valence-electron chi connectivity index (χ0n) is 18.8. The molecule has 6 nitrogen and oxygen atoms in total. The van der Waals surface area contributed by atoms with E-state index in [-0.39, 0.29) is 37.0 Å². The first-order chi connectivity index (χ1) is 15.7. The van der Waals surface area contributed by atoms with Gasteiger partial charge in [0.15, 0.2) is 5.69 Å². The molecular formula is C25H23Cl2N3O3. The Balaban J connectivity index is 1.79. The zero-order valence-corrected chi connectivity index (χ0v) is 20.3. The summed E-state index contributed by atoms with van der Waals surface area (Å²) in [6.07, 6.45) is 0. The lowest BCUT2D eigenvalue weighted by molar-refractivity contribution is -0.144. The molecule has 2 aliphatic heterocycles. The molecule has 5 rings (SSSR count). The Morgan fingerprint density at radius 1 is 1.21 bits per heavy atom. The normalized spacial score (nSPS) is 15.9. The maximum Gasteiger partial charge on any atom is 0.327 e. The number of amides is 1. The summed E-state index contributed by atoms with van der Waals surface area (Å²) in [5.41, 5.74) is 6.39. The Morgan fingerprint density at radius 3 is 2.67 bits per heavy atom. The number of ether oxygens (including phenoxy) is 1. The molecule has 8 heteroatoms. The smallest absolute Gasteiger partial charge is 0.327 e. The molecule has 3 heterocycles.